The highest BCUT2D eigenvalue weighted by atomic mass is 16.3. The Balaban J connectivity index is 1.71. The molecule has 0 radical (unpaired) electrons. The molecule has 0 saturated carbocycles. The van der Waals surface area contributed by atoms with Crippen LogP contribution in [0.4, 0.5) is 0 Å². The van der Waals surface area contributed by atoms with E-state index in [0.29, 0.717) is 25.2 Å². The number of hydrogen-bond acceptors (Lipinski definition) is 4. The van der Waals surface area contributed by atoms with E-state index in [4.69, 9.17) is 10.8 Å². The molecule has 1 fully saturated rings. The molecule has 4 N–H and O–H groups in total. The molecule has 25 heavy (non-hydrogen) atoms. The van der Waals surface area contributed by atoms with Crippen LogP contribution in [0.15, 0.2) is 48.5 Å². The first-order chi connectivity index (χ1) is 12.2. The number of nitrogens with two attached hydrogens (primary N) is 1. The quantitative estimate of drug-likeness (QED) is 0.747. The molecule has 1 heterocycles. The first-order valence-corrected chi connectivity index (χ1v) is 8.74. The molecular weight excluding hydrogens is 314 g/mol. The van der Waals surface area contributed by atoms with Gasteiger partial charge in [0, 0.05) is 37.8 Å². The van der Waals surface area contributed by atoms with Gasteiger partial charge in [-0.2, -0.15) is 0 Å². The Kier molecular flexibility index (Phi) is 5.81. The number of carbonyl (C=O) groups is 1. The smallest absolute Gasteiger partial charge is 0.253 e. The summed E-state index contributed by atoms with van der Waals surface area (Å²) in [6.07, 6.45) is 0.923. The van der Waals surface area contributed by atoms with Crippen molar-refractivity contribution in [3.63, 3.8) is 0 Å². The van der Waals surface area contributed by atoms with Gasteiger partial charge in [0.25, 0.3) is 5.91 Å². The number of nitrogens with one attached hydrogen (secondary N) is 1. The fraction of sp³-hybridized carbons (Fsp3) is 0.350. The van der Waals surface area contributed by atoms with Gasteiger partial charge in [0.1, 0.15) is 0 Å². The van der Waals surface area contributed by atoms with Gasteiger partial charge in [-0.15, -0.1) is 0 Å². The van der Waals surface area contributed by atoms with E-state index in [-0.39, 0.29) is 18.6 Å². The lowest BCUT2D eigenvalue weighted by Crippen LogP contribution is -2.36. The summed E-state index contributed by atoms with van der Waals surface area (Å²) in [7, 11) is 0. The van der Waals surface area contributed by atoms with Crippen LogP contribution in [-0.2, 0) is 6.54 Å². The van der Waals surface area contributed by atoms with E-state index < -0.39 is 0 Å². The van der Waals surface area contributed by atoms with Crippen molar-refractivity contribution in [2.24, 2.45) is 5.73 Å². The summed E-state index contributed by atoms with van der Waals surface area (Å²) in [5, 5.41) is 12.2. The number of aliphatic hydroxyl groups excluding tert-OH is 1. The first kappa shape index (κ1) is 17.6. The molecule has 2 aromatic rings. The summed E-state index contributed by atoms with van der Waals surface area (Å²) in [5.74, 6) is 0.0636. The highest BCUT2D eigenvalue weighted by Gasteiger charge is 2.26. The van der Waals surface area contributed by atoms with Crippen LogP contribution in [0.25, 0.3) is 11.1 Å². The zero-order valence-corrected chi connectivity index (χ0v) is 14.3. The average Bonchev–Trinajstić information content (AvgIpc) is 3.15. The lowest BCUT2D eigenvalue weighted by atomic mass is 10.0. The van der Waals surface area contributed by atoms with Crippen LogP contribution >= 0.6 is 0 Å². The molecule has 0 aromatic heterocycles. The van der Waals surface area contributed by atoms with Crippen LogP contribution in [-0.4, -0.2) is 48.2 Å². The summed E-state index contributed by atoms with van der Waals surface area (Å²) in [6.45, 7) is 2.65. The molecule has 3 rings (SSSR count). The second-order valence-electron chi connectivity index (χ2n) is 6.40. The van der Waals surface area contributed by atoms with E-state index in [1.54, 1.807) is 0 Å². The second-order valence-corrected chi connectivity index (χ2v) is 6.40. The van der Waals surface area contributed by atoms with Gasteiger partial charge in [-0.3, -0.25) is 4.79 Å². The molecule has 2 aromatic carbocycles. The minimum atomic E-state index is 0.0636. The van der Waals surface area contributed by atoms with Crippen LogP contribution in [0.2, 0.25) is 0 Å². The Hall–Kier alpha value is -2.21. The molecule has 0 bridgehead atoms. The van der Waals surface area contributed by atoms with Crippen LogP contribution in [0.5, 0.6) is 0 Å². The maximum absolute atomic E-state index is 12.8. The van der Waals surface area contributed by atoms with Gasteiger partial charge in [-0.25, -0.2) is 0 Å². The second kappa shape index (κ2) is 8.25. The molecule has 1 aliphatic heterocycles. The summed E-state index contributed by atoms with van der Waals surface area (Å²) in [4.78, 5) is 14.7. The SMILES string of the molecule is NCc1ccc(-c2cccc(C(=O)N3CCC(NCCO)C3)c2)cc1. The standard InChI is InChI=1S/C20H25N3O2/c21-13-15-4-6-16(7-5-15)17-2-1-3-18(12-17)20(25)23-10-8-19(14-23)22-9-11-24/h1-7,12,19,22,24H,8-11,13-14,21H2. The molecule has 1 atom stereocenters. The predicted molar refractivity (Wildman–Crippen MR) is 99.2 cm³/mol. The lowest BCUT2D eigenvalue weighted by molar-refractivity contribution is 0.0789. The highest BCUT2D eigenvalue weighted by molar-refractivity contribution is 5.95. The first-order valence-electron chi connectivity index (χ1n) is 8.74. The van der Waals surface area contributed by atoms with Gasteiger partial charge in [0.15, 0.2) is 0 Å². The molecule has 1 aliphatic rings. The fourth-order valence-corrected chi connectivity index (χ4v) is 3.23. The van der Waals surface area contributed by atoms with Gasteiger partial charge in [0.05, 0.1) is 6.61 Å². The van der Waals surface area contributed by atoms with Gasteiger partial charge < -0.3 is 21.1 Å². The van der Waals surface area contributed by atoms with Crippen LogP contribution < -0.4 is 11.1 Å². The number of likely N-dealkylation sites (tertiary alicyclic amines) is 1. The summed E-state index contributed by atoms with van der Waals surface area (Å²) >= 11 is 0. The van der Waals surface area contributed by atoms with Crippen molar-refractivity contribution in [1.82, 2.24) is 10.2 Å². The highest BCUT2D eigenvalue weighted by Crippen LogP contribution is 2.22. The molecular formula is C20H25N3O2. The zero-order chi connectivity index (χ0) is 17.6. The summed E-state index contributed by atoms with van der Waals surface area (Å²) < 4.78 is 0. The van der Waals surface area contributed by atoms with Gasteiger partial charge in [0.2, 0.25) is 0 Å². The number of amides is 1. The minimum absolute atomic E-state index is 0.0636. The monoisotopic (exact) mass is 339 g/mol. The summed E-state index contributed by atoms with van der Waals surface area (Å²) in [6, 6.07) is 16.1. The van der Waals surface area contributed by atoms with Crippen molar-refractivity contribution in [3.8, 4) is 11.1 Å². The van der Waals surface area contributed by atoms with Gasteiger partial charge in [-0.05, 0) is 35.2 Å². The number of hydrogen-bond donors (Lipinski definition) is 3. The Morgan fingerprint density at radius 1 is 1.20 bits per heavy atom. The number of benzene rings is 2. The molecule has 132 valence electrons. The van der Waals surface area contributed by atoms with E-state index in [1.165, 1.54) is 0 Å². The van der Waals surface area contributed by atoms with Crippen molar-refractivity contribution in [3.05, 3.63) is 59.7 Å². The largest absolute Gasteiger partial charge is 0.395 e. The number of rotatable bonds is 6. The lowest BCUT2D eigenvalue weighted by Gasteiger charge is -2.17. The van der Waals surface area contributed by atoms with Gasteiger partial charge in [-0.1, -0.05) is 36.4 Å². The molecule has 1 amide bonds. The zero-order valence-electron chi connectivity index (χ0n) is 14.3. The minimum Gasteiger partial charge on any atom is -0.395 e. The van der Waals surface area contributed by atoms with Crippen molar-refractivity contribution in [2.75, 3.05) is 26.2 Å². The topological polar surface area (TPSA) is 78.6 Å². The Morgan fingerprint density at radius 3 is 2.72 bits per heavy atom. The molecule has 1 unspecified atom stereocenters. The third kappa shape index (κ3) is 4.25. The van der Waals surface area contributed by atoms with Crippen molar-refractivity contribution in [2.45, 2.75) is 19.0 Å². The average molecular weight is 339 g/mol. The third-order valence-corrected chi connectivity index (χ3v) is 4.65. The maximum Gasteiger partial charge on any atom is 0.253 e. The van der Waals surface area contributed by atoms with E-state index in [0.717, 1.165) is 29.7 Å². The fourth-order valence-electron chi connectivity index (χ4n) is 3.23. The number of carbonyl (C=O) groups excluding carboxylic acids is 1. The third-order valence-electron chi connectivity index (χ3n) is 4.65. The molecule has 5 nitrogen and oxygen atoms in total. The van der Waals surface area contributed by atoms with Crippen LogP contribution in [0.3, 0.4) is 0 Å². The van der Waals surface area contributed by atoms with Crippen molar-refractivity contribution >= 4 is 5.91 Å². The molecule has 0 spiro atoms. The number of aliphatic hydroxyl groups is 1. The summed E-state index contributed by atoms with van der Waals surface area (Å²) in [5.41, 5.74) is 9.56. The number of nitrogens with zero attached hydrogens (tertiary/aromatic N) is 1. The van der Waals surface area contributed by atoms with E-state index in [2.05, 4.69) is 5.32 Å². The predicted octanol–water partition coefficient (Wildman–Crippen LogP) is 1.61. The van der Waals surface area contributed by atoms with E-state index in [1.807, 2.05) is 53.4 Å². The normalized spacial score (nSPS) is 17.0. The molecule has 0 aliphatic carbocycles. The Morgan fingerprint density at radius 2 is 2.00 bits per heavy atom. The van der Waals surface area contributed by atoms with Crippen molar-refractivity contribution < 1.29 is 9.90 Å². The Bertz CT molecular complexity index is 715. The van der Waals surface area contributed by atoms with Gasteiger partial charge >= 0.3 is 0 Å². The molecule has 1 saturated heterocycles. The van der Waals surface area contributed by atoms with E-state index >= 15 is 0 Å². The van der Waals surface area contributed by atoms with E-state index in [9.17, 15) is 4.79 Å². The van der Waals surface area contributed by atoms with Crippen molar-refractivity contribution in [1.29, 1.82) is 0 Å². The maximum atomic E-state index is 12.8. The Labute approximate surface area is 148 Å². The van der Waals surface area contributed by atoms with Crippen LogP contribution in [0, 0.1) is 0 Å². The van der Waals surface area contributed by atoms with Crippen LogP contribution in [0.1, 0.15) is 22.3 Å². The molecule has 5 heteroatoms.